The van der Waals surface area contributed by atoms with Crippen molar-refractivity contribution in [3.05, 3.63) is 0 Å². The molecule has 0 unspecified atom stereocenters. The van der Waals surface area contributed by atoms with Gasteiger partial charge < -0.3 is 30.3 Å². The molecule has 0 amide bonds. The molecule has 1 rings (SSSR count). The molecule has 0 aromatic carbocycles. The van der Waals surface area contributed by atoms with Crippen molar-refractivity contribution in [3.8, 4) is 0 Å². The number of aliphatic hydroxyl groups is 5. The van der Waals surface area contributed by atoms with Gasteiger partial charge in [0.05, 0.1) is 6.61 Å². The van der Waals surface area contributed by atoms with Gasteiger partial charge >= 0.3 is 10.4 Å². The van der Waals surface area contributed by atoms with Crippen molar-refractivity contribution < 1.29 is 47.5 Å². The molecule has 24 heavy (non-hydrogen) atoms. The molecular weight excluding hydrogens is 370 g/mol. The summed E-state index contributed by atoms with van der Waals surface area (Å²) in [5.74, 6) is 0. The van der Waals surface area contributed by atoms with Crippen LogP contribution in [-0.4, -0.2) is 86.6 Å². The van der Waals surface area contributed by atoms with Crippen molar-refractivity contribution in [3.63, 3.8) is 0 Å². The molecule has 1 saturated heterocycles. The normalized spacial score (nSPS) is 31.9. The molecule has 13 heteroatoms. The fourth-order valence-corrected chi connectivity index (χ4v) is 3.24. The summed E-state index contributed by atoms with van der Waals surface area (Å²) in [7, 11) is -4.82. The maximum absolute atomic E-state index is 10.6. The minimum Gasteiger partial charge on any atom is -0.396 e. The van der Waals surface area contributed by atoms with Crippen LogP contribution in [-0.2, 0) is 19.4 Å². The number of oxime groups is 1. The first-order chi connectivity index (χ1) is 11.2. The average molecular weight is 391 g/mol. The fraction of sp³-hybridized carbons (Fsp3) is 0.909. The largest absolute Gasteiger partial charge is 0.466 e. The summed E-state index contributed by atoms with van der Waals surface area (Å²) in [5, 5.41) is 50.5. The van der Waals surface area contributed by atoms with E-state index >= 15 is 0 Å². The van der Waals surface area contributed by atoms with E-state index in [-0.39, 0.29) is 18.1 Å². The van der Waals surface area contributed by atoms with Gasteiger partial charge in [0.2, 0.25) is 0 Å². The van der Waals surface area contributed by atoms with Crippen molar-refractivity contribution in [2.24, 2.45) is 5.16 Å². The van der Waals surface area contributed by atoms with Crippen molar-refractivity contribution in [2.45, 2.75) is 49.1 Å². The van der Waals surface area contributed by atoms with E-state index in [1.54, 1.807) is 0 Å². The summed E-state index contributed by atoms with van der Waals surface area (Å²) in [4.78, 5) is 0. The highest BCUT2D eigenvalue weighted by Crippen LogP contribution is 2.30. The van der Waals surface area contributed by atoms with Crippen LogP contribution in [0, 0.1) is 0 Å². The first kappa shape index (κ1) is 21.5. The second kappa shape index (κ2) is 9.84. The lowest BCUT2D eigenvalue weighted by Crippen LogP contribution is -2.57. The maximum Gasteiger partial charge on any atom is 0.466 e. The Kier molecular flexibility index (Phi) is 8.83. The van der Waals surface area contributed by atoms with Crippen LogP contribution in [0.4, 0.5) is 0 Å². The second-order valence-corrected chi connectivity index (χ2v) is 7.16. The van der Waals surface area contributed by atoms with E-state index in [2.05, 4.69) is 9.44 Å². The van der Waals surface area contributed by atoms with Gasteiger partial charge in [-0.2, -0.15) is 8.42 Å². The Morgan fingerprint density at radius 3 is 2.33 bits per heavy atom. The molecule has 1 aliphatic rings. The third kappa shape index (κ3) is 6.78. The van der Waals surface area contributed by atoms with Crippen LogP contribution in [0.25, 0.3) is 0 Å². The predicted molar refractivity (Wildman–Crippen MR) is 82.4 cm³/mol. The Morgan fingerprint density at radius 1 is 1.12 bits per heavy atom. The van der Waals surface area contributed by atoms with E-state index in [9.17, 15) is 23.7 Å². The average Bonchev–Trinajstić information content (AvgIpc) is 2.52. The van der Waals surface area contributed by atoms with Crippen LogP contribution < -0.4 is 0 Å². The smallest absolute Gasteiger partial charge is 0.396 e. The zero-order valence-electron chi connectivity index (χ0n) is 12.5. The molecule has 0 radical (unpaired) electrons. The molecular formula is C11H21NO10S2. The van der Waals surface area contributed by atoms with Gasteiger partial charge in [-0.05, 0) is 19.3 Å². The van der Waals surface area contributed by atoms with Crippen LogP contribution in [0.5, 0.6) is 0 Å². The Balaban J connectivity index is 2.82. The lowest BCUT2D eigenvalue weighted by atomic mass is 10.0. The highest BCUT2D eigenvalue weighted by Gasteiger charge is 2.44. The topological polar surface area (TPSA) is 186 Å². The first-order valence-electron chi connectivity index (χ1n) is 7.00. The van der Waals surface area contributed by atoms with Crippen molar-refractivity contribution >= 4 is 27.2 Å². The third-order valence-corrected chi connectivity index (χ3v) is 4.57. The number of hydrogen-bond acceptors (Lipinski definition) is 11. The van der Waals surface area contributed by atoms with E-state index in [1.165, 1.54) is 0 Å². The van der Waals surface area contributed by atoms with E-state index in [0.29, 0.717) is 24.6 Å². The number of unbranched alkanes of at least 4 members (excludes halogenated alkanes) is 1. The Morgan fingerprint density at radius 2 is 1.79 bits per heavy atom. The predicted octanol–water partition coefficient (Wildman–Crippen LogP) is -2.18. The molecule has 142 valence electrons. The second-order valence-electron chi connectivity index (χ2n) is 4.98. The zero-order valence-corrected chi connectivity index (χ0v) is 14.1. The van der Waals surface area contributed by atoms with E-state index in [1.807, 2.05) is 0 Å². The van der Waals surface area contributed by atoms with Crippen LogP contribution in [0.3, 0.4) is 0 Å². The molecule has 0 spiro atoms. The molecule has 1 heterocycles. The number of rotatable bonds is 8. The van der Waals surface area contributed by atoms with E-state index < -0.39 is 46.9 Å². The summed E-state index contributed by atoms with van der Waals surface area (Å²) in [6.07, 6.45) is -4.85. The van der Waals surface area contributed by atoms with Crippen LogP contribution >= 0.6 is 11.8 Å². The van der Waals surface area contributed by atoms with Gasteiger partial charge in [-0.25, -0.2) is 4.28 Å². The number of nitrogens with zero attached hydrogens (tertiary/aromatic N) is 1. The molecule has 11 nitrogen and oxygen atoms in total. The number of ether oxygens (including phenoxy) is 1. The fourth-order valence-electron chi connectivity index (χ4n) is 1.90. The molecule has 0 aliphatic carbocycles. The van der Waals surface area contributed by atoms with Gasteiger partial charge in [-0.1, -0.05) is 16.9 Å². The highest BCUT2D eigenvalue weighted by molar-refractivity contribution is 8.14. The highest BCUT2D eigenvalue weighted by atomic mass is 32.3. The van der Waals surface area contributed by atoms with Crippen LogP contribution in [0.2, 0.25) is 0 Å². The summed E-state index contributed by atoms with van der Waals surface area (Å²) < 4.78 is 39.0. The minimum atomic E-state index is -4.82. The molecule has 1 fully saturated rings. The minimum absolute atomic E-state index is 0.00500. The Hall–Kier alpha value is -0.510. The number of hydrogen-bond donors (Lipinski definition) is 6. The molecule has 0 aromatic rings. The van der Waals surface area contributed by atoms with E-state index in [0.717, 1.165) is 0 Å². The van der Waals surface area contributed by atoms with Gasteiger partial charge in [-0.3, -0.25) is 4.55 Å². The van der Waals surface area contributed by atoms with Gasteiger partial charge in [0.1, 0.15) is 34.9 Å². The lowest BCUT2D eigenvalue weighted by molar-refractivity contribution is -0.205. The Bertz CT molecular complexity index is 511. The summed E-state index contributed by atoms with van der Waals surface area (Å²) in [6, 6.07) is 0. The third-order valence-electron chi connectivity index (χ3n) is 3.13. The van der Waals surface area contributed by atoms with Gasteiger partial charge in [0, 0.05) is 6.61 Å². The Labute approximate surface area is 142 Å². The molecule has 0 aromatic heterocycles. The summed E-state index contributed by atoms with van der Waals surface area (Å²) in [5.41, 5.74) is -1.17. The van der Waals surface area contributed by atoms with Crippen LogP contribution in [0.15, 0.2) is 5.16 Å². The number of thioether (sulfide) groups is 1. The van der Waals surface area contributed by atoms with Crippen molar-refractivity contribution in [2.75, 3.05) is 13.2 Å². The van der Waals surface area contributed by atoms with Crippen molar-refractivity contribution in [1.29, 1.82) is 0 Å². The summed E-state index contributed by atoms with van der Waals surface area (Å²) >= 11 is 0.703. The quantitative estimate of drug-likeness (QED) is 0.0867. The molecule has 0 bridgehead atoms. The van der Waals surface area contributed by atoms with Gasteiger partial charge in [0.15, 0.2) is 0 Å². The standard InChI is InChI=1S/C11H21NO10S2/c13-4-2-1-3-7(12-22-24(18,19)20)23-11-10(17)9(16)8(15)6(5-14)21-11/h6,8-11,13-17H,1-5H2,(H,18,19,20)/b12-7+/t6-,8-,9+,10-,11+/m1/s1. The monoisotopic (exact) mass is 391 g/mol. The molecule has 0 saturated carbocycles. The van der Waals surface area contributed by atoms with Crippen LogP contribution in [0.1, 0.15) is 19.3 Å². The lowest BCUT2D eigenvalue weighted by Gasteiger charge is -2.39. The first-order valence-corrected chi connectivity index (χ1v) is 9.25. The van der Waals surface area contributed by atoms with Gasteiger partial charge in [0.25, 0.3) is 0 Å². The van der Waals surface area contributed by atoms with E-state index in [4.69, 9.17) is 19.5 Å². The molecule has 1 aliphatic heterocycles. The molecule has 5 atom stereocenters. The summed E-state index contributed by atoms with van der Waals surface area (Å²) in [6.45, 7) is -0.711. The molecule has 6 N–H and O–H groups in total. The van der Waals surface area contributed by atoms with Crippen molar-refractivity contribution in [1.82, 2.24) is 0 Å². The number of aliphatic hydroxyl groups excluding tert-OH is 5. The zero-order chi connectivity index (χ0) is 18.3. The van der Waals surface area contributed by atoms with Gasteiger partial charge in [-0.15, -0.1) is 0 Å². The maximum atomic E-state index is 10.6. The SMILES string of the molecule is O=S(=O)(O)O/N=C(\CCCCO)S[C@@H]1O[C@H](CO)[C@@H](O)[C@H](O)[C@H]1O.